The molecule has 1 atom stereocenters. The third-order valence-corrected chi connectivity index (χ3v) is 6.08. The zero-order chi connectivity index (χ0) is 22.9. The van der Waals surface area contributed by atoms with Crippen LogP contribution in [0.15, 0.2) is 72.9 Å². The number of carbonyl (C=O) groups is 1. The van der Waals surface area contributed by atoms with E-state index in [1.165, 1.54) is 5.56 Å². The molecule has 0 aliphatic carbocycles. The van der Waals surface area contributed by atoms with Crippen molar-refractivity contribution in [3.63, 3.8) is 0 Å². The molecular formula is C27H23ClN2O2. The van der Waals surface area contributed by atoms with Crippen LogP contribution < -0.4 is 0 Å². The molecule has 4 aromatic rings. The van der Waals surface area contributed by atoms with Gasteiger partial charge in [-0.1, -0.05) is 60.1 Å². The van der Waals surface area contributed by atoms with Gasteiger partial charge in [0, 0.05) is 23.2 Å². The summed E-state index contributed by atoms with van der Waals surface area (Å²) in [5.41, 5.74) is 3.84. The van der Waals surface area contributed by atoms with Crippen LogP contribution in [0.3, 0.4) is 0 Å². The average molecular weight is 443 g/mol. The number of nitrogens with zero attached hydrogens (tertiary/aromatic N) is 2. The quantitative estimate of drug-likeness (QED) is 0.352. The van der Waals surface area contributed by atoms with Crippen LogP contribution in [0.4, 0.5) is 5.69 Å². The van der Waals surface area contributed by atoms with Crippen LogP contribution in [0.25, 0.3) is 26.9 Å². The lowest BCUT2D eigenvalue weighted by Gasteiger charge is -2.23. The number of ketones is 1. The van der Waals surface area contributed by atoms with Gasteiger partial charge in [-0.05, 0) is 59.7 Å². The Morgan fingerprint density at radius 1 is 1.12 bits per heavy atom. The van der Waals surface area contributed by atoms with Crippen LogP contribution >= 0.6 is 11.6 Å². The van der Waals surface area contributed by atoms with Crippen molar-refractivity contribution >= 4 is 34.0 Å². The number of hydrogen-bond donors (Lipinski definition) is 1. The second kappa shape index (κ2) is 8.63. The molecule has 5 heteroatoms. The predicted octanol–water partition coefficient (Wildman–Crippen LogP) is 6.38. The largest absolute Gasteiger partial charge is 0.380 e. The first kappa shape index (κ1) is 21.8. The molecule has 32 heavy (non-hydrogen) atoms. The van der Waals surface area contributed by atoms with Crippen LogP contribution in [-0.2, 0) is 17.8 Å². The number of fused-ring (bicyclic) bond motifs is 1. The number of hydrogen-bond acceptors (Lipinski definition) is 2. The summed E-state index contributed by atoms with van der Waals surface area (Å²) in [4.78, 5) is 16.3. The highest BCUT2D eigenvalue weighted by Crippen LogP contribution is 2.30. The first-order valence-electron chi connectivity index (χ1n) is 10.3. The molecule has 1 N–H and O–H groups in total. The second-order valence-corrected chi connectivity index (χ2v) is 8.71. The Bertz CT molecular complexity index is 1350. The number of benzene rings is 3. The summed E-state index contributed by atoms with van der Waals surface area (Å²) >= 11 is 6.09. The number of halogens is 1. The van der Waals surface area contributed by atoms with Gasteiger partial charge in [0.25, 0.3) is 0 Å². The lowest BCUT2D eigenvalue weighted by molar-refractivity contribution is -0.136. The van der Waals surface area contributed by atoms with Gasteiger partial charge in [0.1, 0.15) is 5.60 Å². The zero-order valence-corrected chi connectivity index (χ0v) is 18.7. The van der Waals surface area contributed by atoms with Gasteiger partial charge in [-0.3, -0.25) is 4.79 Å². The van der Waals surface area contributed by atoms with E-state index in [4.69, 9.17) is 18.2 Å². The molecule has 0 bridgehead atoms. The summed E-state index contributed by atoms with van der Waals surface area (Å²) in [7, 11) is 0. The van der Waals surface area contributed by atoms with Crippen LogP contribution in [0.2, 0.25) is 5.02 Å². The number of Topliss-reactive ketones (excluding diaryl/α,β-unsaturated/α-hetero) is 1. The van der Waals surface area contributed by atoms with Crippen molar-refractivity contribution in [2.75, 3.05) is 0 Å². The molecule has 0 aliphatic rings. The maximum Gasteiger partial charge on any atom is 0.205 e. The fourth-order valence-electron chi connectivity index (χ4n) is 3.96. The van der Waals surface area contributed by atoms with E-state index in [0.29, 0.717) is 16.3 Å². The van der Waals surface area contributed by atoms with Gasteiger partial charge in [-0.25, -0.2) is 4.85 Å². The molecule has 0 amide bonds. The van der Waals surface area contributed by atoms with Crippen LogP contribution in [0, 0.1) is 13.5 Å². The number of aliphatic hydroxyl groups is 1. The normalized spacial score (nSPS) is 13.0. The van der Waals surface area contributed by atoms with Gasteiger partial charge in [-0.2, -0.15) is 0 Å². The van der Waals surface area contributed by atoms with E-state index in [-0.39, 0.29) is 18.7 Å². The number of aryl methyl sites for hydroxylation is 1. The highest BCUT2D eigenvalue weighted by Gasteiger charge is 2.31. The molecule has 4 nitrogen and oxygen atoms in total. The van der Waals surface area contributed by atoms with Crippen molar-refractivity contribution in [3.8, 4) is 11.1 Å². The molecule has 0 saturated heterocycles. The number of aromatic nitrogens is 1. The van der Waals surface area contributed by atoms with Gasteiger partial charge in [-0.15, -0.1) is 0 Å². The highest BCUT2D eigenvalue weighted by molar-refractivity contribution is 6.33. The van der Waals surface area contributed by atoms with Crippen LogP contribution in [0.1, 0.15) is 18.1 Å². The first-order valence-corrected chi connectivity index (χ1v) is 10.7. The lowest BCUT2D eigenvalue weighted by atomic mass is 9.94. The molecule has 0 radical (unpaired) electrons. The molecule has 0 saturated carbocycles. The monoisotopic (exact) mass is 442 g/mol. The molecular weight excluding hydrogens is 420 g/mol. The highest BCUT2D eigenvalue weighted by atomic mass is 35.5. The summed E-state index contributed by atoms with van der Waals surface area (Å²) in [6.45, 7) is 10.9. The molecule has 1 heterocycles. The van der Waals surface area contributed by atoms with E-state index in [2.05, 4.69) is 36.0 Å². The van der Waals surface area contributed by atoms with Gasteiger partial charge in [0.15, 0.2) is 5.78 Å². The van der Waals surface area contributed by atoms with E-state index in [1.54, 1.807) is 25.1 Å². The molecule has 160 valence electrons. The zero-order valence-electron chi connectivity index (χ0n) is 18.0. The summed E-state index contributed by atoms with van der Waals surface area (Å²) in [6, 6.07) is 21.3. The van der Waals surface area contributed by atoms with Gasteiger partial charge in [0.2, 0.25) is 5.69 Å². The lowest BCUT2D eigenvalue weighted by Crippen LogP contribution is -2.40. The van der Waals surface area contributed by atoms with E-state index in [9.17, 15) is 9.90 Å². The Hall–Kier alpha value is -3.39. The summed E-state index contributed by atoms with van der Waals surface area (Å²) in [5, 5.41) is 12.4. The minimum Gasteiger partial charge on any atom is -0.380 e. The minimum atomic E-state index is -1.56. The van der Waals surface area contributed by atoms with Crippen molar-refractivity contribution in [3.05, 3.63) is 100 Å². The summed E-state index contributed by atoms with van der Waals surface area (Å²) in [6.07, 6.45) is 1.95. The fourth-order valence-corrected chi connectivity index (χ4v) is 4.21. The Labute approximate surface area is 192 Å². The maximum atomic E-state index is 12.9. The topological polar surface area (TPSA) is 46.6 Å². The molecule has 4 rings (SSSR count). The van der Waals surface area contributed by atoms with Gasteiger partial charge in [0.05, 0.1) is 13.1 Å². The Kier molecular flexibility index (Phi) is 5.88. The fraction of sp³-hybridized carbons (Fsp3) is 0.185. The van der Waals surface area contributed by atoms with Gasteiger partial charge >= 0.3 is 0 Å². The Morgan fingerprint density at radius 3 is 2.56 bits per heavy atom. The number of carbonyl (C=O) groups excluding carboxylic acids is 1. The standard InChI is InChI=1S/C27H23ClN2O2/c1-18-13-21-11-12-30(25(21)16-22(18)20-7-5-4-6-8-20)17-27(2,32)26(31)15-19-9-10-24(29-3)23(28)14-19/h4-14,16,32H,15,17H2,1-2H3/t27-/m0/s1. The SMILES string of the molecule is [C-]#[N+]c1ccc(CC(=O)[C@@](C)(O)Cn2ccc3cc(C)c(-c4ccccc4)cc32)cc1Cl. The van der Waals surface area contributed by atoms with Crippen LogP contribution in [-0.4, -0.2) is 21.1 Å². The molecule has 3 aromatic carbocycles. The van der Waals surface area contributed by atoms with Crippen molar-refractivity contribution in [2.45, 2.75) is 32.4 Å². The molecule has 1 aromatic heterocycles. The van der Waals surface area contributed by atoms with E-state index >= 15 is 0 Å². The minimum absolute atomic E-state index is 0.0403. The third-order valence-electron chi connectivity index (χ3n) is 5.78. The van der Waals surface area contributed by atoms with Crippen LogP contribution in [0.5, 0.6) is 0 Å². The average Bonchev–Trinajstić information content (AvgIpc) is 3.14. The van der Waals surface area contributed by atoms with Gasteiger partial charge < -0.3 is 9.67 Å². The maximum absolute atomic E-state index is 12.9. The third kappa shape index (κ3) is 4.31. The van der Waals surface area contributed by atoms with E-state index < -0.39 is 5.60 Å². The molecule has 0 aliphatic heterocycles. The van der Waals surface area contributed by atoms with Crippen molar-refractivity contribution in [1.82, 2.24) is 4.57 Å². The summed E-state index contributed by atoms with van der Waals surface area (Å²) < 4.78 is 1.92. The first-order chi connectivity index (χ1) is 15.3. The van der Waals surface area contributed by atoms with Crippen molar-refractivity contribution in [1.29, 1.82) is 0 Å². The van der Waals surface area contributed by atoms with Crippen molar-refractivity contribution in [2.24, 2.45) is 0 Å². The molecule has 0 unspecified atom stereocenters. The second-order valence-electron chi connectivity index (χ2n) is 8.31. The summed E-state index contributed by atoms with van der Waals surface area (Å²) in [5.74, 6) is -0.304. The molecule has 0 fully saturated rings. The van der Waals surface area contributed by atoms with E-state index in [1.807, 2.05) is 35.0 Å². The molecule has 0 spiro atoms. The Balaban J connectivity index is 1.61. The number of rotatable bonds is 6. The Morgan fingerprint density at radius 2 is 1.88 bits per heavy atom. The smallest absolute Gasteiger partial charge is 0.205 e. The van der Waals surface area contributed by atoms with Crippen molar-refractivity contribution < 1.29 is 9.90 Å². The predicted molar refractivity (Wildman–Crippen MR) is 129 cm³/mol. The van der Waals surface area contributed by atoms with E-state index in [0.717, 1.165) is 22.0 Å².